The fourth-order valence-corrected chi connectivity index (χ4v) is 4.68. The zero-order valence-electron chi connectivity index (χ0n) is 18.2. The number of aryl methyl sites for hydroxylation is 1. The van der Waals surface area contributed by atoms with E-state index in [0.29, 0.717) is 11.4 Å². The highest BCUT2D eigenvalue weighted by atomic mass is 79.9. The maximum atomic E-state index is 13.4. The van der Waals surface area contributed by atoms with Crippen molar-refractivity contribution in [2.45, 2.75) is 33.6 Å². The summed E-state index contributed by atoms with van der Waals surface area (Å²) in [7, 11) is 0. The zero-order valence-corrected chi connectivity index (χ0v) is 19.8. The molecular weight excluding hydrogens is 458 g/mol. The van der Waals surface area contributed by atoms with Crippen LogP contribution < -0.4 is 5.32 Å². The molecule has 8 heteroatoms. The van der Waals surface area contributed by atoms with Crippen LogP contribution in [0.3, 0.4) is 0 Å². The average molecular weight is 486 g/mol. The van der Waals surface area contributed by atoms with Gasteiger partial charge in [0.15, 0.2) is 0 Å². The zero-order chi connectivity index (χ0) is 22.1. The van der Waals surface area contributed by atoms with Gasteiger partial charge in [-0.1, -0.05) is 13.8 Å². The molecule has 164 valence electrons. The van der Waals surface area contributed by atoms with Crippen molar-refractivity contribution in [2.75, 3.05) is 38.0 Å². The number of hydrogen-bond donors (Lipinski definition) is 2. The number of aromatic nitrogens is 2. The smallest absolute Gasteiger partial charge is 0.257 e. The predicted octanol–water partition coefficient (Wildman–Crippen LogP) is 3.70. The summed E-state index contributed by atoms with van der Waals surface area (Å²) in [5.41, 5.74) is 4.74. The number of H-pyrrole nitrogens is 1. The molecule has 2 aliphatic heterocycles. The lowest BCUT2D eigenvalue weighted by Crippen LogP contribution is -2.38. The van der Waals surface area contributed by atoms with Crippen LogP contribution in [0, 0.1) is 6.92 Å². The van der Waals surface area contributed by atoms with E-state index >= 15 is 0 Å². The molecule has 0 bridgehead atoms. The fourth-order valence-electron chi connectivity index (χ4n) is 4.35. The molecule has 2 aromatic rings. The van der Waals surface area contributed by atoms with E-state index in [4.69, 9.17) is 0 Å². The van der Waals surface area contributed by atoms with Gasteiger partial charge in [-0.05, 0) is 66.5 Å². The third-order valence-electron chi connectivity index (χ3n) is 6.21. The summed E-state index contributed by atoms with van der Waals surface area (Å²) in [6.07, 6.45) is 5.25. The Hall–Kier alpha value is -2.45. The third-order valence-corrected chi connectivity index (χ3v) is 6.65. The van der Waals surface area contributed by atoms with E-state index in [1.54, 1.807) is 6.20 Å². The van der Waals surface area contributed by atoms with Gasteiger partial charge in [0.1, 0.15) is 5.82 Å². The minimum Gasteiger partial charge on any atom is -0.358 e. The Balaban J connectivity index is 1.65. The molecule has 2 N–H and O–H groups in total. The number of likely N-dealkylation sites (N-methyl/N-ethyl adjacent to an activating group) is 1. The van der Waals surface area contributed by atoms with Crippen molar-refractivity contribution in [3.63, 3.8) is 0 Å². The largest absolute Gasteiger partial charge is 0.358 e. The van der Waals surface area contributed by atoms with Crippen LogP contribution in [0.1, 0.15) is 53.1 Å². The van der Waals surface area contributed by atoms with Gasteiger partial charge in [0.05, 0.1) is 11.1 Å². The van der Waals surface area contributed by atoms with Crippen molar-refractivity contribution in [3.05, 3.63) is 44.8 Å². The molecule has 0 unspecified atom stereocenters. The molecule has 0 fully saturated rings. The topological polar surface area (TPSA) is 81.3 Å². The second-order valence-corrected chi connectivity index (χ2v) is 8.92. The number of amides is 2. The Kier molecular flexibility index (Phi) is 6.29. The molecule has 2 aliphatic rings. The second-order valence-electron chi connectivity index (χ2n) is 8.00. The van der Waals surface area contributed by atoms with Gasteiger partial charge >= 0.3 is 0 Å². The highest BCUT2D eigenvalue weighted by Crippen LogP contribution is 2.34. The number of anilines is 1. The van der Waals surface area contributed by atoms with Gasteiger partial charge in [0.2, 0.25) is 0 Å². The second kappa shape index (κ2) is 8.96. The van der Waals surface area contributed by atoms with Crippen LogP contribution in [-0.2, 0) is 11.2 Å². The number of carbonyl (C=O) groups excluding carboxylic acids is 2. The van der Waals surface area contributed by atoms with Crippen LogP contribution in [0.15, 0.2) is 16.7 Å². The summed E-state index contributed by atoms with van der Waals surface area (Å²) in [6, 6.07) is 1.88. The first-order valence-electron chi connectivity index (χ1n) is 10.8. The van der Waals surface area contributed by atoms with Gasteiger partial charge < -0.3 is 20.1 Å². The lowest BCUT2D eigenvalue weighted by Gasteiger charge is -2.25. The molecule has 2 aromatic heterocycles. The van der Waals surface area contributed by atoms with Crippen LogP contribution in [0.5, 0.6) is 0 Å². The third kappa shape index (κ3) is 4.19. The maximum absolute atomic E-state index is 13.4. The Bertz CT molecular complexity index is 1050. The first-order chi connectivity index (χ1) is 14.9. The molecule has 0 aliphatic carbocycles. The lowest BCUT2D eigenvalue weighted by atomic mass is 10.0. The predicted molar refractivity (Wildman–Crippen MR) is 126 cm³/mol. The Morgan fingerprint density at radius 2 is 2.06 bits per heavy atom. The molecule has 31 heavy (non-hydrogen) atoms. The average Bonchev–Trinajstić information content (AvgIpc) is 3.17. The molecule has 0 atom stereocenters. The van der Waals surface area contributed by atoms with Crippen LogP contribution in [0.25, 0.3) is 11.6 Å². The normalized spacial score (nSPS) is 17.2. The number of pyridine rings is 1. The molecule has 0 spiro atoms. The van der Waals surface area contributed by atoms with E-state index in [0.717, 1.165) is 78.1 Å². The standard InChI is InChI=1S/C23H28BrN5O2/c1-4-28(5-2)9-10-29-8-6-7-18-20(23(29)31)14(3)19(26-18)12-17-16-11-15(24)13-25-21(16)27-22(17)30/h11-13,26H,4-10H2,1-3H3,(H,25,27,30)/b17-12+. The van der Waals surface area contributed by atoms with Gasteiger partial charge in [-0.3, -0.25) is 9.59 Å². The van der Waals surface area contributed by atoms with Crippen molar-refractivity contribution < 1.29 is 9.59 Å². The van der Waals surface area contributed by atoms with Crippen molar-refractivity contribution in [1.29, 1.82) is 0 Å². The SMILES string of the molecule is CCN(CC)CCN1CCCc2[nH]c(/C=C3/C(=O)Nc4ncc(Br)cc43)c(C)c2C1=O. The number of carbonyl (C=O) groups is 2. The van der Waals surface area contributed by atoms with E-state index in [2.05, 4.69) is 50.0 Å². The summed E-state index contributed by atoms with van der Waals surface area (Å²) in [4.78, 5) is 37.9. The molecule has 4 rings (SSSR count). The van der Waals surface area contributed by atoms with Crippen LogP contribution in [0.2, 0.25) is 0 Å². The molecule has 7 nitrogen and oxygen atoms in total. The first-order valence-corrected chi connectivity index (χ1v) is 11.6. The van der Waals surface area contributed by atoms with Crippen molar-refractivity contribution in [3.8, 4) is 0 Å². The van der Waals surface area contributed by atoms with E-state index in [1.165, 1.54) is 0 Å². The summed E-state index contributed by atoms with van der Waals surface area (Å²) < 4.78 is 0.812. The summed E-state index contributed by atoms with van der Waals surface area (Å²) in [5.74, 6) is 0.458. The number of rotatable bonds is 6. The molecular formula is C23H28BrN5O2. The Labute approximate surface area is 191 Å². The Morgan fingerprint density at radius 3 is 2.81 bits per heavy atom. The summed E-state index contributed by atoms with van der Waals surface area (Å²) in [6.45, 7) is 10.6. The van der Waals surface area contributed by atoms with E-state index in [9.17, 15) is 9.59 Å². The number of aromatic amines is 1. The van der Waals surface area contributed by atoms with Gasteiger partial charge in [-0.25, -0.2) is 4.98 Å². The minimum atomic E-state index is -0.183. The van der Waals surface area contributed by atoms with E-state index < -0.39 is 0 Å². The molecule has 2 amide bonds. The van der Waals surface area contributed by atoms with Gasteiger partial charge in [-0.15, -0.1) is 0 Å². The van der Waals surface area contributed by atoms with Crippen molar-refractivity contribution in [1.82, 2.24) is 19.8 Å². The molecule has 0 radical (unpaired) electrons. The minimum absolute atomic E-state index is 0.0822. The highest BCUT2D eigenvalue weighted by Gasteiger charge is 2.29. The van der Waals surface area contributed by atoms with E-state index in [1.807, 2.05) is 24.0 Å². The van der Waals surface area contributed by atoms with Crippen LogP contribution in [-0.4, -0.2) is 64.3 Å². The summed E-state index contributed by atoms with van der Waals surface area (Å²) >= 11 is 3.43. The van der Waals surface area contributed by atoms with Gasteiger partial charge in [-0.2, -0.15) is 0 Å². The molecule has 4 heterocycles. The number of halogens is 1. The molecule has 0 saturated heterocycles. The highest BCUT2D eigenvalue weighted by molar-refractivity contribution is 9.10. The quantitative estimate of drug-likeness (QED) is 0.611. The number of fused-ring (bicyclic) bond motifs is 2. The summed E-state index contributed by atoms with van der Waals surface area (Å²) in [5, 5.41) is 2.81. The van der Waals surface area contributed by atoms with E-state index in [-0.39, 0.29) is 11.8 Å². The fraction of sp³-hybridized carbons (Fsp3) is 0.435. The number of nitrogens with zero attached hydrogens (tertiary/aromatic N) is 3. The van der Waals surface area contributed by atoms with Gasteiger partial charge in [0, 0.05) is 47.3 Å². The first kappa shape index (κ1) is 21.8. The Morgan fingerprint density at radius 1 is 1.29 bits per heavy atom. The van der Waals surface area contributed by atoms with Crippen LogP contribution in [0.4, 0.5) is 5.82 Å². The number of hydrogen-bond acceptors (Lipinski definition) is 4. The van der Waals surface area contributed by atoms with Crippen molar-refractivity contribution >= 4 is 45.2 Å². The van der Waals surface area contributed by atoms with Crippen molar-refractivity contribution in [2.24, 2.45) is 0 Å². The monoisotopic (exact) mass is 485 g/mol. The number of nitrogens with one attached hydrogen (secondary N) is 2. The van der Waals surface area contributed by atoms with Gasteiger partial charge in [0.25, 0.3) is 11.8 Å². The maximum Gasteiger partial charge on any atom is 0.257 e. The lowest BCUT2D eigenvalue weighted by molar-refractivity contribution is -0.110. The molecule has 0 saturated carbocycles. The molecule has 0 aromatic carbocycles. The van der Waals surface area contributed by atoms with Crippen LogP contribution >= 0.6 is 15.9 Å².